The maximum absolute atomic E-state index is 2.49. The standard InChI is InChI=1S/C12H18Si/c1-13(2,3)12(9-10-12)11-7-5-4-6-8-11/h4-8H,9-10H2,1-3H3. The van der Waals surface area contributed by atoms with Gasteiger partial charge in [0.25, 0.3) is 0 Å². The predicted molar refractivity (Wildman–Crippen MR) is 60.7 cm³/mol. The second kappa shape index (κ2) is 2.71. The Balaban J connectivity index is 2.37. The summed E-state index contributed by atoms with van der Waals surface area (Å²) in [5, 5.41) is 0.619. The van der Waals surface area contributed by atoms with E-state index in [4.69, 9.17) is 0 Å². The molecule has 1 fully saturated rings. The third-order valence-corrected chi connectivity index (χ3v) is 7.17. The van der Waals surface area contributed by atoms with Crippen LogP contribution in [-0.4, -0.2) is 8.07 Å². The van der Waals surface area contributed by atoms with Gasteiger partial charge < -0.3 is 0 Å². The lowest BCUT2D eigenvalue weighted by atomic mass is 10.1. The van der Waals surface area contributed by atoms with Crippen molar-refractivity contribution in [3.63, 3.8) is 0 Å². The van der Waals surface area contributed by atoms with Crippen molar-refractivity contribution in [2.75, 3.05) is 0 Å². The van der Waals surface area contributed by atoms with Gasteiger partial charge >= 0.3 is 0 Å². The van der Waals surface area contributed by atoms with Crippen LogP contribution in [0, 0.1) is 0 Å². The third-order valence-electron chi connectivity index (χ3n) is 3.51. The first-order chi connectivity index (χ1) is 6.06. The van der Waals surface area contributed by atoms with Crippen molar-refractivity contribution in [2.45, 2.75) is 37.5 Å². The van der Waals surface area contributed by atoms with Gasteiger partial charge in [-0.05, 0) is 23.4 Å². The molecule has 13 heavy (non-hydrogen) atoms. The fourth-order valence-corrected chi connectivity index (χ4v) is 5.01. The molecule has 0 aromatic heterocycles. The predicted octanol–water partition coefficient (Wildman–Crippen LogP) is 3.60. The highest BCUT2D eigenvalue weighted by molar-refractivity contribution is 6.79. The molecule has 1 heteroatoms. The van der Waals surface area contributed by atoms with Crippen LogP contribution in [0.15, 0.2) is 30.3 Å². The Morgan fingerprint density at radius 1 is 1.00 bits per heavy atom. The number of hydrogen-bond acceptors (Lipinski definition) is 0. The summed E-state index contributed by atoms with van der Waals surface area (Å²) in [7, 11) is -1.01. The van der Waals surface area contributed by atoms with Crippen LogP contribution in [-0.2, 0) is 5.04 Å². The van der Waals surface area contributed by atoms with Crippen LogP contribution in [0.1, 0.15) is 18.4 Å². The fraction of sp³-hybridized carbons (Fsp3) is 0.500. The van der Waals surface area contributed by atoms with Gasteiger partial charge in [0.1, 0.15) is 0 Å². The minimum atomic E-state index is -1.01. The molecular weight excluding hydrogens is 172 g/mol. The van der Waals surface area contributed by atoms with E-state index in [0.29, 0.717) is 5.04 Å². The molecule has 1 aliphatic carbocycles. The minimum absolute atomic E-state index is 0.619. The van der Waals surface area contributed by atoms with Crippen LogP contribution in [0.25, 0.3) is 0 Å². The summed E-state index contributed by atoms with van der Waals surface area (Å²) < 4.78 is 0. The maximum Gasteiger partial charge on any atom is 0.0557 e. The molecule has 0 saturated heterocycles. The van der Waals surface area contributed by atoms with Crippen molar-refractivity contribution in [3.8, 4) is 0 Å². The molecule has 0 N–H and O–H groups in total. The second-order valence-electron chi connectivity index (χ2n) is 5.20. The largest absolute Gasteiger partial charge is 0.0689 e. The quantitative estimate of drug-likeness (QED) is 0.625. The first kappa shape index (κ1) is 9.01. The highest BCUT2D eigenvalue weighted by Gasteiger charge is 2.53. The van der Waals surface area contributed by atoms with E-state index in [9.17, 15) is 0 Å². The lowest BCUT2D eigenvalue weighted by Gasteiger charge is -2.29. The first-order valence-electron chi connectivity index (χ1n) is 5.12. The highest BCUT2D eigenvalue weighted by atomic mass is 28.3. The van der Waals surface area contributed by atoms with E-state index in [-0.39, 0.29) is 0 Å². The van der Waals surface area contributed by atoms with Gasteiger partial charge in [0.2, 0.25) is 0 Å². The van der Waals surface area contributed by atoms with E-state index >= 15 is 0 Å². The zero-order valence-corrected chi connectivity index (χ0v) is 9.80. The Morgan fingerprint density at radius 2 is 1.54 bits per heavy atom. The smallest absolute Gasteiger partial charge is 0.0557 e. The summed E-state index contributed by atoms with van der Waals surface area (Å²) in [6.45, 7) is 7.48. The van der Waals surface area contributed by atoms with E-state index < -0.39 is 8.07 Å². The van der Waals surface area contributed by atoms with Crippen LogP contribution >= 0.6 is 0 Å². The van der Waals surface area contributed by atoms with E-state index in [1.54, 1.807) is 5.56 Å². The van der Waals surface area contributed by atoms with Gasteiger partial charge in [-0.3, -0.25) is 0 Å². The van der Waals surface area contributed by atoms with E-state index in [1.807, 2.05) is 0 Å². The van der Waals surface area contributed by atoms with Crippen molar-refractivity contribution in [1.29, 1.82) is 0 Å². The van der Waals surface area contributed by atoms with Gasteiger partial charge in [0, 0.05) is 0 Å². The zero-order valence-electron chi connectivity index (χ0n) is 8.80. The number of rotatable bonds is 2. The van der Waals surface area contributed by atoms with Crippen LogP contribution in [0.2, 0.25) is 19.6 Å². The van der Waals surface area contributed by atoms with Crippen molar-refractivity contribution < 1.29 is 0 Å². The molecule has 0 amide bonds. The summed E-state index contributed by atoms with van der Waals surface area (Å²) >= 11 is 0. The molecule has 0 nitrogen and oxygen atoms in total. The average Bonchev–Trinajstić information content (AvgIpc) is 2.84. The van der Waals surface area contributed by atoms with Gasteiger partial charge in [-0.2, -0.15) is 0 Å². The molecule has 0 radical (unpaired) electrons. The van der Waals surface area contributed by atoms with Crippen LogP contribution in [0.4, 0.5) is 0 Å². The fourth-order valence-electron chi connectivity index (χ4n) is 2.35. The molecule has 70 valence electrons. The Bertz CT molecular complexity index is 291. The molecule has 1 aromatic rings. The van der Waals surface area contributed by atoms with Gasteiger partial charge in [-0.25, -0.2) is 0 Å². The van der Waals surface area contributed by atoms with Gasteiger partial charge in [-0.1, -0.05) is 50.0 Å². The first-order valence-corrected chi connectivity index (χ1v) is 8.62. The highest BCUT2D eigenvalue weighted by Crippen LogP contribution is 2.54. The molecule has 0 heterocycles. The monoisotopic (exact) mass is 190 g/mol. The Kier molecular flexibility index (Phi) is 1.88. The van der Waals surface area contributed by atoms with Crippen molar-refractivity contribution in [2.24, 2.45) is 0 Å². The normalized spacial score (nSPS) is 19.9. The molecule has 2 rings (SSSR count). The number of benzene rings is 1. The molecule has 1 aliphatic rings. The summed E-state index contributed by atoms with van der Waals surface area (Å²) in [5.41, 5.74) is 1.59. The molecule has 0 spiro atoms. The van der Waals surface area contributed by atoms with Crippen LogP contribution in [0.5, 0.6) is 0 Å². The summed E-state index contributed by atoms with van der Waals surface area (Å²) in [6, 6.07) is 11.1. The Labute approximate surface area is 82.0 Å². The summed E-state index contributed by atoms with van der Waals surface area (Å²) in [4.78, 5) is 0. The van der Waals surface area contributed by atoms with E-state index in [1.165, 1.54) is 12.8 Å². The minimum Gasteiger partial charge on any atom is -0.0689 e. The summed E-state index contributed by atoms with van der Waals surface area (Å²) in [5.74, 6) is 0. The van der Waals surface area contributed by atoms with Crippen molar-refractivity contribution in [1.82, 2.24) is 0 Å². The Hall–Kier alpha value is -0.563. The molecule has 0 unspecified atom stereocenters. The lowest BCUT2D eigenvalue weighted by Crippen LogP contribution is -2.38. The molecule has 0 atom stereocenters. The molecular formula is C12H18Si. The molecule has 0 bridgehead atoms. The molecule has 0 aliphatic heterocycles. The van der Waals surface area contributed by atoms with Crippen molar-refractivity contribution >= 4 is 8.07 Å². The average molecular weight is 190 g/mol. The third kappa shape index (κ3) is 1.35. The second-order valence-corrected chi connectivity index (χ2v) is 10.7. The van der Waals surface area contributed by atoms with Gasteiger partial charge in [0.05, 0.1) is 8.07 Å². The van der Waals surface area contributed by atoms with E-state index in [2.05, 4.69) is 50.0 Å². The van der Waals surface area contributed by atoms with Crippen LogP contribution in [0.3, 0.4) is 0 Å². The van der Waals surface area contributed by atoms with Gasteiger partial charge in [0.15, 0.2) is 0 Å². The molecule has 1 aromatic carbocycles. The van der Waals surface area contributed by atoms with Crippen LogP contribution < -0.4 is 0 Å². The van der Waals surface area contributed by atoms with Gasteiger partial charge in [-0.15, -0.1) is 0 Å². The lowest BCUT2D eigenvalue weighted by molar-refractivity contribution is 0.948. The summed E-state index contributed by atoms with van der Waals surface area (Å²) in [6.07, 6.45) is 2.85. The van der Waals surface area contributed by atoms with Crippen molar-refractivity contribution in [3.05, 3.63) is 35.9 Å². The maximum atomic E-state index is 2.49. The molecule has 1 saturated carbocycles. The zero-order chi connectivity index (χ0) is 9.53. The Morgan fingerprint density at radius 3 is 1.92 bits per heavy atom. The SMILES string of the molecule is C[Si](C)(C)C1(c2ccccc2)CC1. The topological polar surface area (TPSA) is 0 Å². The number of hydrogen-bond donors (Lipinski definition) is 0. The van der Waals surface area contributed by atoms with E-state index in [0.717, 1.165) is 0 Å².